The summed E-state index contributed by atoms with van der Waals surface area (Å²) in [5.41, 5.74) is 5.85. The topological polar surface area (TPSA) is 71.2 Å². The molecule has 0 radical (unpaired) electrons. The van der Waals surface area contributed by atoms with Crippen molar-refractivity contribution in [2.75, 3.05) is 25.0 Å². The van der Waals surface area contributed by atoms with Crippen molar-refractivity contribution in [1.29, 1.82) is 0 Å². The summed E-state index contributed by atoms with van der Waals surface area (Å²) in [5.74, 6) is 0.897. The number of nitrogens with one attached hydrogen (secondary N) is 1. The van der Waals surface area contributed by atoms with E-state index in [0.717, 1.165) is 6.54 Å². The molecule has 4 rings (SSSR count). The van der Waals surface area contributed by atoms with Gasteiger partial charge in [0.1, 0.15) is 5.82 Å². The monoisotopic (exact) mass is 246 g/mol. The van der Waals surface area contributed by atoms with Crippen LogP contribution in [0.3, 0.4) is 0 Å². The van der Waals surface area contributed by atoms with Crippen molar-refractivity contribution >= 4 is 11.7 Å². The summed E-state index contributed by atoms with van der Waals surface area (Å²) in [7, 11) is 0. The molecule has 1 amide bonds. The lowest BCUT2D eigenvalue weighted by molar-refractivity contribution is 0.0967. The van der Waals surface area contributed by atoms with E-state index in [9.17, 15) is 4.79 Å². The standard InChI is InChI=1S/C13H18N4O/c14-12(18)10-2-1-5-15-13(10)16-11-8-17-6-3-9(11)4-7-17/h1-2,5,9,11H,3-4,6-8H2,(H2,14,18)(H,15,16). The number of nitrogens with zero attached hydrogens (tertiary/aromatic N) is 2. The van der Waals surface area contributed by atoms with Gasteiger partial charge in [0.05, 0.1) is 5.56 Å². The zero-order valence-corrected chi connectivity index (χ0v) is 10.3. The summed E-state index contributed by atoms with van der Waals surface area (Å²) in [6.07, 6.45) is 4.16. The number of carbonyl (C=O) groups is 1. The molecule has 2 bridgehead atoms. The minimum atomic E-state index is -0.424. The van der Waals surface area contributed by atoms with Gasteiger partial charge < -0.3 is 16.0 Å². The number of primary amides is 1. The SMILES string of the molecule is NC(=O)c1cccnc1NC1CN2CCC1CC2. The predicted molar refractivity (Wildman–Crippen MR) is 69.3 cm³/mol. The number of pyridine rings is 1. The quantitative estimate of drug-likeness (QED) is 0.823. The van der Waals surface area contributed by atoms with Crippen LogP contribution in [0, 0.1) is 5.92 Å². The molecule has 3 fully saturated rings. The van der Waals surface area contributed by atoms with Crippen LogP contribution in [0.5, 0.6) is 0 Å². The third-order valence-corrected chi connectivity index (χ3v) is 4.05. The summed E-state index contributed by atoms with van der Waals surface area (Å²) in [6.45, 7) is 3.45. The van der Waals surface area contributed by atoms with Gasteiger partial charge in [0.25, 0.3) is 5.91 Å². The Bertz CT molecular complexity index is 454. The molecule has 96 valence electrons. The number of piperidine rings is 3. The van der Waals surface area contributed by atoms with E-state index in [0.29, 0.717) is 23.3 Å². The number of fused-ring (bicyclic) bond motifs is 3. The maximum absolute atomic E-state index is 11.4. The molecule has 0 aliphatic carbocycles. The molecule has 1 atom stereocenters. The molecule has 3 aliphatic heterocycles. The first kappa shape index (κ1) is 11.5. The highest BCUT2D eigenvalue weighted by molar-refractivity contribution is 5.97. The molecule has 1 aromatic rings. The van der Waals surface area contributed by atoms with Crippen LogP contribution < -0.4 is 11.1 Å². The van der Waals surface area contributed by atoms with Gasteiger partial charge in [-0.1, -0.05) is 0 Å². The maximum Gasteiger partial charge on any atom is 0.252 e. The highest BCUT2D eigenvalue weighted by Gasteiger charge is 2.34. The first-order valence-corrected chi connectivity index (χ1v) is 6.48. The Morgan fingerprint density at radius 2 is 2.22 bits per heavy atom. The smallest absolute Gasteiger partial charge is 0.252 e. The summed E-state index contributed by atoms with van der Waals surface area (Å²) >= 11 is 0. The highest BCUT2D eigenvalue weighted by atomic mass is 16.1. The Morgan fingerprint density at radius 3 is 2.83 bits per heavy atom. The lowest BCUT2D eigenvalue weighted by atomic mass is 9.84. The summed E-state index contributed by atoms with van der Waals surface area (Å²) in [4.78, 5) is 18.1. The summed E-state index contributed by atoms with van der Waals surface area (Å²) in [6, 6.07) is 3.85. The van der Waals surface area contributed by atoms with Gasteiger partial charge in [-0.3, -0.25) is 4.79 Å². The first-order chi connectivity index (χ1) is 8.74. The number of rotatable bonds is 3. The molecular formula is C13H18N4O. The zero-order valence-electron chi connectivity index (χ0n) is 10.3. The molecular weight excluding hydrogens is 228 g/mol. The molecule has 5 nitrogen and oxygen atoms in total. The zero-order chi connectivity index (χ0) is 12.5. The van der Waals surface area contributed by atoms with Crippen molar-refractivity contribution in [2.24, 2.45) is 11.7 Å². The Balaban J connectivity index is 1.78. The van der Waals surface area contributed by atoms with Crippen LogP contribution in [-0.2, 0) is 0 Å². The molecule has 3 N–H and O–H groups in total. The van der Waals surface area contributed by atoms with Gasteiger partial charge in [0, 0.05) is 18.8 Å². The molecule has 1 aromatic heterocycles. The third-order valence-electron chi connectivity index (χ3n) is 4.05. The molecule has 0 saturated carbocycles. The molecule has 3 aliphatic rings. The van der Waals surface area contributed by atoms with Crippen LogP contribution in [0.1, 0.15) is 23.2 Å². The van der Waals surface area contributed by atoms with Gasteiger partial charge >= 0.3 is 0 Å². The van der Waals surface area contributed by atoms with Gasteiger partial charge in [-0.2, -0.15) is 0 Å². The lowest BCUT2D eigenvalue weighted by Crippen LogP contribution is -2.53. The molecule has 3 saturated heterocycles. The van der Waals surface area contributed by atoms with Gasteiger partial charge in [-0.15, -0.1) is 0 Å². The molecule has 0 aromatic carbocycles. The number of aromatic nitrogens is 1. The van der Waals surface area contributed by atoms with Crippen LogP contribution in [0.15, 0.2) is 18.3 Å². The molecule has 18 heavy (non-hydrogen) atoms. The van der Waals surface area contributed by atoms with Crippen LogP contribution in [0.4, 0.5) is 5.82 Å². The van der Waals surface area contributed by atoms with E-state index in [2.05, 4.69) is 15.2 Å². The van der Waals surface area contributed by atoms with Crippen molar-refractivity contribution in [3.63, 3.8) is 0 Å². The second-order valence-corrected chi connectivity index (χ2v) is 5.15. The molecule has 0 spiro atoms. The molecule has 4 heterocycles. The average molecular weight is 246 g/mol. The highest BCUT2D eigenvalue weighted by Crippen LogP contribution is 2.29. The van der Waals surface area contributed by atoms with Crippen LogP contribution >= 0.6 is 0 Å². The van der Waals surface area contributed by atoms with Crippen molar-refractivity contribution in [3.05, 3.63) is 23.9 Å². The average Bonchev–Trinajstić information content (AvgIpc) is 2.40. The summed E-state index contributed by atoms with van der Waals surface area (Å²) in [5, 5.41) is 3.41. The van der Waals surface area contributed by atoms with E-state index in [1.807, 2.05) is 0 Å². The molecule has 1 unspecified atom stereocenters. The Labute approximate surface area is 106 Å². The van der Waals surface area contributed by atoms with E-state index >= 15 is 0 Å². The predicted octanol–water partition coefficient (Wildman–Crippen LogP) is 0.687. The van der Waals surface area contributed by atoms with E-state index < -0.39 is 5.91 Å². The van der Waals surface area contributed by atoms with Gasteiger partial charge in [-0.05, 0) is 44.0 Å². The number of amides is 1. The van der Waals surface area contributed by atoms with Crippen molar-refractivity contribution < 1.29 is 4.79 Å². The van der Waals surface area contributed by atoms with Gasteiger partial charge in [0.2, 0.25) is 0 Å². The van der Waals surface area contributed by atoms with Crippen molar-refractivity contribution in [1.82, 2.24) is 9.88 Å². The molecule has 5 heteroatoms. The minimum Gasteiger partial charge on any atom is -0.365 e. The fraction of sp³-hybridized carbons (Fsp3) is 0.538. The van der Waals surface area contributed by atoms with Crippen molar-refractivity contribution in [3.8, 4) is 0 Å². The minimum absolute atomic E-state index is 0.389. The van der Waals surface area contributed by atoms with Gasteiger partial charge in [-0.25, -0.2) is 4.98 Å². The first-order valence-electron chi connectivity index (χ1n) is 6.48. The lowest BCUT2D eigenvalue weighted by Gasteiger charge is -2.45. The third kappa shape index (κ3) is 2.06. The summed E-state index contributed by atoms with van der Waals surface area (Å²) < 4.78 is 0. The largest absolute Gasteiger partial charge is 0.365 e. The van der Waals surface area contributed by atoms with Crippen LogP contribution in [-0.4, -0.2) is 41.5 Å². The Kier molecular flexibility index (Phi) is 2.91. The fourth-order valence-electron chi connectivity index (χ4n) is 3.02. The van der Waals surface area contributed by atoms with Crippen molar-refractivity contribution in [2.45, 2.75) is 18.9 Å². The number of anilines is 1. The van der Waals surface area contributed by atoms with Crippen LogP contribution in [0.2, 0.25) is 0 Å². The fourth-order valence-corrected chi connectivity index (χ4v) is 3.02. The van der Waals surface area contributed by atoms with E-state index in [1.165, 1.54) is 25.9 Å². The number of hydrogen-bond acceptors (Lipinski definition) is 4. The van der Waals surface area contributed by atoms with Crippen LogP contribution in [0.25, 0.3) is 0 Å². The Hall–Kier alpha value is -1.62. The second-order valence-electron chi connectivity index (χ2n) is 5.15. The normalized spacial score (nSPS) is 30.1. The van der Waals surface area contributed by atoms with Gasteiger partial charge in [0.15, 0.2) is 0 Å². The number of nitrogens with two attached hydrogens (primary N) is 1. The second kappa shape index (κ2) is 4.57. The number of carbonyl (C=O) groups excluding carboxylic acids is 1. The maximum atomic E-state index is 11.4. The van der Waals surface area contributed by atoms with E-state index in [-0.39, 0.29) is 0 Å². The van der Waals surface area contributed by atoms with E-state index in [1.54, 1.807) is 18.3 Å². The Morgan fingerprint density at radius 1 is 1.44 bits per heavy atom. The van der Waals surface area contributed by atoms with E-state index in [4.69, 9.17) is 5.73 Å². The number of hydrogen-bond donors (Lipinski definition) is 2.